The van der Waals surface area contributed by atoms with Gasteiger partial charge in [-0.1, -0.05) is 32.0 Å². The van der Waals surface area contributed by atoms with Crippen molar-refractivity contribution in [2.45, 2.75) is 26.8 Å². The van der Waals surface area contributed by atoms with Crippen LogP contribution in [-0.2, 0) is 9.59 Å². The average Bonchev–Trinajstić information content (AvgIpc) is 2.52. The van der Waals surface area contributed by atoms with E-state index in [9.17, 15) is 9.59 Å². The fraction of sp³-hybridized carbons (Fsp3) is 0.529. The number of para-hydroxylation sites is 1. The second-order valence-corrected chi connectivity index (χ2v) is 6.07. The molecule has 0 bridgehead atoms. The Labute approximate surface area is 132 Å². The molecule has 0 unspecified atom stereocenters. The van der Waals surface area contributed by atoms with Gasteiger partial charge in [0.15, 0.2) is 0 Å². The Balaban J connectivity index is 1.95. The number of nitrogens with one attached hydrogen (secondary N) is 1. The molecule has 1 fully saturated rings. The molecule has 0 saturated carbocycles. The molecule has 0 radical (unpaired) electrons. The normalized spacial score (nSPS) is 16.5. The van der Waals surface area contributed by atoms with Gasteiger partial charge in [-0.05, 0) is 18.1 Å². The predicted octanol–water partition coefficient (Wildman–Crippen LogP) is 1.50. The van der Waals surface area contributed by atoms with Gasteiger partial charge in [-0.25, -0.2) is 0 Å². The van der Waals surface area contributed by atoms with Crippen molar-refractivity contribution in [3.63, 3.8) is 0 Å². The average molecular weight is 303 g/mol. The molecule has 5 nitrogen and oxygen atoms in total. The molecule has 1 N–H and O–H groups in total. The Bertz CT molecular complexity index is 508. The largest absolute Gasteiger partial charge is 0.368 e. The van der Waals surface area contributed by atoms with Crippen molar-refractivity contribution < 1.29 is 9.59 Å². The lowest BCUT2D eigenvalue weighted by molar-refractivity contribution is -0.137. The molecule has 2 rings (SSSR count). The highest BCUT2D eigenvalue weighted by molar-refractivity contribution is 5.87. The minimum atomic E-state index is -0.430. The second kappa shape index (κ2) is 7.29. The van der Waals surface area contributed by atoms with Gasteiger partial charge >= 0.3 is 0 Å². The topological polar surface area (TPSA) is 52.7 Å². The van der Waals surface area contributed by atoms with Gasteiger partial charge in [-0.15, -0.1) is 0 Å². The number of nitrogens with zero attached hydrogens (tertiary/aromatic N) is 2. The lowest BCUT2D eigenvalue weighted by Crippen LogP contribution is -2.56. The summed E-state index contributed by atoms with van der Waals surface area (Å²) in [6, 6.07) is 9.80. The number of hydrogen-bond acceptors (Lipinski definition) is 3. The summed E-state index contributed by atoms with van der Waals surface area (Å²) in [5.74, 6) is -0.0450. The maximum Gasteiger partial charge on any atom is 0.245 e. The smallest absolute Gasteiger partial charge is 0.245 e. The van der Waals surface area contributed by atoms with E-state index in [1.165, 1.54) is 12.6 Å². The highest BCUT2D eigenvalue weighted by atomic mass is 16.2. The third-order valence-electron chi connectivity index (χ3n) is 4.00. The molecule has 0 aromatic heterocycles. The van der Waals surface area contributed by atoms with E-state index in [4.69, 9.17) is 0 Å². The molecule has 0 spiro atoms. The van der Waals surface area contributed by atoms with E-state index in [-0.39, 0.29) is 17.7 Å². The molecule has 1 aromatic rings. The molecule has 120 valence electrons. The minimum absolute atomic E-state index is 0.0258. The number of rotatable bonds is 4. The molecule has 5 heteroatoms. The zero-order valence-corrected chi connectivity index (χ0v) is 13.6. The van der Waals surface area contributed by atoms with Gasteiger partial charge in [0, 0.05) is 38.8 Å². The number of anilines is 1. The molecule has 2 amide bonds. The van der Waals surface area contributed by atoms with Crippen LogP contribution in [0.2, 0.25) is 0 Å². The molecule has 22 heavy (non-hydrogen) atoms. The third kappa shape index (κ3) is 4.00. The summed E-state index contributed by atoms with van der Waals surface area (Å²) in [7, 11) is 0. The van der Waals surface area contributed by atoms with Crippen molar-refractivity contribution in [3.05, 3.63) is 30.3 Å². The van der Waals surface area contributed by atoms with Crippen molar-refractivity contribution in [1.29, 1.82) is 0 Å². The molecule has 1 saturated heterocycles. The van der Waals surface area contributed by atoms with Gasteiger partial charge in [0.25, 0.3) is 0 Å². The highest BCUT2D eigenvalue weighted by Gasteiger charge is 2.30. The Morgan fingerprint density at radius 2 is 1.64 bits per heavy atom. The number of hydrogen-bond donors (Lipinski definition) is 1. The molecule has 1 aliphatic heterocycles. The van der Waals surface area contributed by atoms with E-state index < -0.39 is 6.04 Å². The van der Waals surface area contributed by atoms with Gasteiger partial charge in [0.05, 0.1) is 0 Å². The fourth-order valence-corrected chi connectivity index (χ4v) is 2.75. The molecule has 0 aliphatic carbocycles. The first-order valence-corrected chi connectivity index (χ1v) is 7.85. The van der Waals surface area contributed by atoms with Gasteiger partial charge in [0.2, 0.25) is 11.8 Å². The monoisotopic (exact) mass is 303 g/mol. The van der Waals surface area contributed by atoms with Crippen molar-refractivity contribution in [3.8, 4) is 0 Å². The Kier molecular flexibility index (Phi) is 5.41. The van der Waals surface area contributed by atoms with Crippen molar-refractivity contribution in [2.75, 3.05) is 31.1 Å². The molecule has 1 atom stereocenters. The molecule has 1 aliphatic rings. The van der Waals surface area contributed by atoms with Gasteiger partial charge in [-0.2, -0.15) is 0 Å². The van der Waals surface area contributed by atoms with Gasteiger partial charge in [0.1, 0.15) is 6.04 Å². The standard InChI is InChI=1S/C17H25N3O2/c1-13(2)16(18-14(3)21)17(22)20-11-9-19(10-12-20)15-7-5-4-6-8-15/h4-8,13,16H,9-12H2,1-3H3,(H,18,21)/t16-/m1/s1. The van der Waals surface area contributed by atoms with E-state index in [0.717, 1.165) is 13.1 Å². The summed E-state index contributed by atoms with van der Waals surface area (Å²) >= 11 is 0. The van der Waals surface area contributed by atoms with Crippen LogP contribution in [0.3, 0.4) is 0 Å². The number of carbonyl (C=O) groups excluding carboxylic acids is 2. The van der Waals surface area contributed by atoms with E-state index in [0.29, 0.717) is 13.1 Å². The van der Waals surface area contributed by atoms with E-state index >= 15 is 0 Å². The molecule has 1 aromatic carbocycles. The van der Waals surface area contributed by atoms with Crippen LogP contribution in [0.25, 0.3) is 0 Å². The van der Waals surface area contributed by atoms with Crippen LogP contribution in [0.1, 0.15) is 20.8 Å². The molecular formula is C17H25N3O2. The van der Waals surface area contributed by atoms with Crippen LogP contribution >= 0.6 is 0 Å². The first-order valence-electron chi connectivity index (χ1n) is 7.85. The number of piperazine rings is 1. The Morgan fingerprint density at radius 1 is 1.05 bits per heavy atom. The molecular weight excluding hydrogens is 278 g/mol. The fourth-order valence-electron chi connectivity index (χ4n) is 2.75. The van der Waals surface area contributed by atoms with Crippen LogP contribution in [0.4, 0.5) is 5.69 Å². The highest BCUT2D eigenvalue weighted by Crippen LogP contribution is 2.16. The van der Waals surface area contributed by atoms with Crippen molar-refractivity contribution in [1.82, 2.24) is 10.2 Å². The van der Waals surface area contributed by atoms with Crippen LogP contribution in [0.5, 0.6) is 0 Å². The molecule has 1 heterocycles. The van der Waals surface area contributed by atoms with Crippen LogP contribution < -0.4 is 10.2 Å². The van der Waals surface area contributed by atoms with Crippen molar-refractivity contribution in [2.24, 2.45) is 5.92 Å². The third-order valence-corrected chi connectivity index (χ3v) is 4.00. The second-order valence-electron chi connectivity index (χ2n) is 6.07. The predicted molar refractivity (Wildman–Crippen MR) is 87.7 cm³/mol. The number of carbonyl (C=O) groups is 2. The maximum absolute atomic E-state index is 12.6. The SMILES string of the molecule is CC(=O)N[C@@H](C(=O)N1CCN(c2ccccc2)CC1)C(C)C. The lowest BCUT2D eigenvalue weighted by Gasteiger charge is -2.38. The first-order chi connectivity index (χ1) is 10.5. The summed E-state index contributed by atoms with van der Waals surface area (Å²) in [5, 5.41) is 2.78. The van der Waals surface area contributed by atoms with E-state index in [1.807, 2.05) is 36.9 Å². The number of benzene rings is 1. The zero-order valence-electron chi connectivity index (χ0n) is 13.6. The van der Waals surface area contributed by atoms with Crippen molar-refractivity contribution >= 4 is 17.5 Å². The Hall–Kier alpha value is -2.04. The van der Waals surface area contributed by atoms with Gasteiger partial charge in [-0.3, -0.25) is 9.59 Å². The summed E-state index contributed by atoms with van der Waals surface area (Å²) in [6.07, 6.45) is 0. The van der Waals surface area contributed by atoms with Crippen LogP contribution in [0, 0.1) is 5.92 Å². The minimum Gasteiger partial charge on any atom is -0.368 e. The lowest BCUT2D eigenvalue weighted by atomic mass is 10.0. The van der Waals surface area contributed by atoms with E-state index in [2.05, 4.69) is 22.3 Å². The summed E-state index contributed by atoms with van der Waals surface area (Å²) < 4.78 is 0. The number of amides is 2. The zero-order chi connectivity index (χ0) is 16.1. The van der Waals surface area contributed by atoms with Crippen LogP contribution in [0.15, 0.2) is 30.3 Å². The summed E-state index contributed by atoms with van der Waals surface area (Å²) in [6.45, 7) is 8.39. The first kappa shape index (κ1) is 16.3. The summed E-state index contributed by atoms with van der Waals surface area (Å²) in [4.78, 5) is 28.0. The Morgan fingerprint density at radius 3 is 2.14 bits per heavy atom. The van der Waals surface area contributed by atoms with Gasteiger partial charge < -0.3 is 15.1 Å². The van der Waals surface area contributed by atoms with Crippen LogP contribution in [-0.4, -0.2) is 48.9 Å². The summed E-state index contributed by atoms with van der Waals surface area (Å²) in [5.41, 5.74) is 1.19. The van der Waals surface area contributed by atoms with E-state index in [1.54, 1.807) is 0 Å². The quantitative estimate of drug-likeness (QED) is 0.917. The maximum atomic E-state index is 12.6.